The Labute approximate surface area is 142 Å². The number of nitrogens with zero attached hydrogens (tertiary/aromatic N) is 2. The van der Waals surface area contributed by atoms with E-state index in [1.54, 1.807) is 0 Å². The molecule has 0 bridgehead atoms. The van der Waals surface area contributed by atoms with E-state index < -0.39 is 0 Å². The van der Waals surface area contributed by atoms with E-state index >= 15 is 0 Å². The summed E-state index contributed by atoms with van der Waals surface area (Å²) in [6.07, 6.45) is 2.69. The van der Waals surface area contributed by atoms with Crippen LogP contribution < -0.4 is 4.74 Å². The van der Waals surface area contributed by atoms with Gasteiger partial charge in [0.2, 0.25) is 0 Å². The second-order valence-electron chi connectivity index (χ2n) is 5.98. The van der Waals surface area contributed by atoms with Gasteiger partial charge in [0.1, 0.15) is 5.75 Å². The topological polar surface area (TPSA) is 44.1 Å². The number of carbonyl (C=O) groups excluding carboxylic acids is 1. The Morgan fingerprint density at radius 1 is 1.08 bits per heavy atom. The molecule has 0 saturated heterocycles. The van der Waals surface area contributed by atoms with Crippen LogP contribution in [0.3, 0.4) is 0 Å². The number of fused-ring (bicyclic) bond motifs is 1. The van der Waals surface area contributed by atoms with E-state index in [0.29, 0.717) is 12.4 Å². The van der Waals surface area contributed by atoms with E-state index in [1.807, 2.05) is 41.0 Å². The first-order chi connectivity index (χ1) is 11.7. The summed E-state index contributed by atoms with van der Waals surface area (Å²) in [5.74, 6) is 1.45. The zero-order valence-electron chi connectivity index (χ0n) is 14.2. The number of hydrogen-bond acceptors (Lipinski definition) is 3. The Kier molecular flexibility index (Phi) is 4.94. The van der Waals surface area contributed by atoms with Crippen molar-refractivity contribution >= 4 is 17.3 Å². The average molecular weight is 322 g/mol. The molecule has 0 N–H and O–H groups in total. The van der Waals surface area contributed by atoms with Gasteiger partial charge >= 0.3 is 0 Å². The molecular weight excluding hydrogens is 300 g/mol. The molecule has 3 aromatic rings. The number of carbonyl (C=O) groups is 1. The van der Waals surface area contributed by atoms with Crippen LogP contribution in [0, 0.1) is 13.8 Å². The third kappa shape index (κ3) is 3.32. The van der Waals surface area contributed by atoms with Gasteiger partial charge in [0, 0.05) is 6.54 Å². The minimum absolute atomic E-state index is 0.492. The molecule has 1 heterocycles. The van der Waals surface area contributed by atoms with Gasteiger partial charge in [0.05, 0.1) is 17.6 Å². The lowest BCUT2D eigenvalue weighted by atomic mass is 10.1. The van der Waals surface area contributed by atoms with Gasteiger partial charge in [-0.2, -0.15) is 0 Å². The van der Waals surface area contributed by atoms with Crippen LogP contribution in [0.15, 0.2) is 42.5 Å². The monoisotopic (exact) mass is 322 g/mol. The largest absolute Gasteiger partial charge is 0.493 e. The minimum Gasteiger partial charge on any atom is -0.493 e. The van der Waals surface area contributed by atoms with Gasteiger partial charge in [-0.25, -0.2) is 4.98 Å². The predicted molar refractivity (Wildman–Crippen MR) is 95.8 cm³/mol. The summed E-state index contributed by atoms with van der Waals surface area (Å²) in [6.45, 7) is 5.62. The normalized spacial score (nSPS) is 10.9. The Morgan fingerprint density at radius 3 is 2.75 bits per heavy atom. The van der Waals surface area contributed by atoms with Crippen LogP contribution in [0.4, 0.5) is 0 Å². The molecule has 4 heteroatoms. The first kappa shape index (κ1) is 16.2. The smallest absolute Gasteiger partial charge is 0.185 e. The van der Waals surface area contributed by atoms with Crippen molar-refractivity contribution in [2.45, 2.75) is 33.2 Å². The Balaban J connectivity index is 1.57. The van der Waals surface area contributed by atoms with Gasteiger partial charge < -0.3 is 9.30 Å². The molecule has 124 valence electrons. The van der Waals surface area contributed by atoms with Gasteiger partial charge in [-0.3, -0.25) is 4.79 Å². The summed E-state index contributed by atoms with van der Waals surface area (Å²) in [5, 5.41) is 0. The minimum atomic E-state index is 0.492. The van der Waals surface area contributed by atoms with Crippen molar-refractivity contribution in [1.29, 1.82) is 0 Å². The summed E-state index contributed by atoms with van der Waals surface area (Å²) in [4.78, 5) is 15.6. The average Bonchev–Trinajstić information content (AvgIpc) is 2.96. The van der Waals surface area contributed by atoms with Crippen molar-refractivity contribution in [3.63, 3.8) is 0 Å². The standard InChI is InChI=1S/C20H22N2O2/c1-15-8-7-11-19(16(15)2)24-13-6-5-12-22-18-10-4-3-9-17(18)21-20(22)14-23/h3-4,7-11,14H,5-6,12-13H2,1-2H3. The maximum absolute atomic E-state index is 11.2. The third-order valence-electron chi connectivity index (χ3n) is 4.38. The Hall–Kier alpha value is -2.62. The van der Waals surface area contributed by atoms with E-state index in [9.17, 15) is 4.79 Å². The zero-order valence-corrected chi connectivity index (χ0v) is 14.2. The Morgan fingerprint density at radius 2 is 1.92 bits per heavy atom. The summed E-state index contributed by atoms with van der Waals surface area (Å²) < 4.78 is 7.87. The fourth-order valence-electron chi connectivity index (χ4n) is 2.85. The summed E-state index contributed by atoms with van der Waals surface area (Å²) >= 11 is 0. The van der Waals surface area contributed by atoms with E-state index in [0.717, 1.165) is 42.5 Å². The maximum atomic E-state index is 11.2. The molecule has 0 saturated carbocycles. The molecule has 0 unspecified atom stereocenters. The number of ether oxygens (including phenoxy) is 1. The highest BCUT2D eigenvalue weighted by atomic mass is 16.5. The summed E-state index contributed by atoms with van der Waals surface area (Å²) in [7, 11) is 0. The number of rotatable bonds is 7. The molecule has 24 heavy (non-hydrogen) atoms. The molecule has 0 atom stereocenters. The predicted octanol–water partition coefficient (Wildman–Crippen LogP) is 4.32. The lowest BCUT2D eigenvalue weighted by Crippen LogP contribution is -2.06. The summed E-state index contributed by atoms with van der Waals surface area (Å²) in [5.41, 5.74) is 4.32. The third-order valence-corrected chi connectivity index (χ3v) is 4.38. The fourth-order valence-corrected chi connectivity index (χ4v) is 2.85. The van der Waals surface area contributed by atoms with Crippen molar-refractivity contribution < 1.29 is 9.53 Å². The molecule has 0 spiro atoms. The zero-order chi connectivity index (χ0) is 16.9. The molecule has 1 aromatic heterocycles. The SMILES string of the molecule is Cc1cccc(OCCCCn2c(C=O)nc3ccccc32)c1C. The van der Waals surface area contributed by atoms with Crippen LogP contribution in [-0.2, 0) is 6.54 Å². The molecule has 3 rings (SSSR count). The van der Waals surface area contributed by atoms with E-state index in [2.05, 4.69) is 24.9 Å². The van der Waals surface area contributed by atoms with Crippen LogP contribution in [0.5, 0.6) is 5.75 Å². The number of imidazole rings is 1. The molecule has 0 fully saturated rings. The molecule has 0 aliphatic carbocycles. The van der Waals surface area contributed by atoms with Gasteiger partial charge in [-0.1, -0.05) is 24.3 Å². The summed E-state index contributed by atoms with van der Waals surface area (Å²) in [6, 6.07) is 14.0. The van der Waals surface area contributed by atoms with E-state index in [4.69, 9.17) is 4.74 Å². The van der Waals surface area contributed by atoms with Crippen LogP contribution in [0.25, 0.3) is 11.0 Å². The number of aryl methyl sites for hydroxylation is 2. The van der Waals surface area contributed by atoms with Crippen LogP contribution >= 0.6 is 0 Å². The molecule has 0 aliphatic heterocycles. The van der Waals surface area contributed by atoms with Crippen LogP contribution in [-0.4, -0.2) is 22.4 Å². The Bertz CT molecular complexity index is 852. The maximum Gasteiger partial charge on any atom is 0.185 e. The lowest BCUT2D eigenvalue weighted by molar-refractivity contribution is 0.111. The second kappa shape index (κ2) is 7.30. The number of aldehydes is 1. The van der Waals surface area contributed by atoms with Crippen molar-refractivity contribution in [2.24, 2.45) is 0 Å². The number of benzene rings is 2. The molecule has 2 aromatic carbocycles. The highest BCUT2D eigenvalue weighted by molar-refractivity contribution is 5.82. The number of hydrogen-bond donors (Lipinski definition) is 0. The van der Waals surface area contributed by atoms with Gasteiger partial charge in [-0.05, 0) is 56.0 Å². The van der Waals surface area contributed by atoms with Crippen LogP contribution in [0.1, 0.15) is 34.6 Å². The molecule has 0 aliphatic rings. The number of aromatic nitrogens is 2. The number of para-hydroxylation sites is 2. The van der Waals surface area contributed by atoms with Crippen molar-refractivity contribution in [3.8, 4) is 5.75 Å². The lowest BCUT2D eigenvalue weighted by Gasteiger charge is -2.11. The van der Waals surface area contributed by atoms with E-state index in [1.165, 1.54) is 11.1 Å². The van der Waals surface area contributed by atoms with Gasteiger partial charge in [0.15, 0.2) is 12.1 Å². The highest BCUT2D eigenvalue weighted by Gasteiger charge is 2.09. The van der Waals surface area contributed by atoms with Crippen molar-refractivity contribution in [3.05, 3.63) is 59.4 Å². The first-order valence-corrected chi connectivity index (χ1v) is 8.30. The van der Waals surface area contributed by atoms with E-state index in [-0.39, 0.29) is 0 Å². The second-order valence-corrected chi connectivity index (χ2v) is 5.98. The van der Waals surface area contributed by atoms with Crippen molar-refractivity contribution in [2.75, 3.05) is 6.61 Å². The molecular formula is C20H22N2O2. The quantitative estimate of drug-likeness (QED) is 0.480. The fraction of sp³-hybridized carbons (Fsp3) is 0.300. The van der Waals surface area contributed by atoms with Gasteiger partial charge in [0.25, 0.3) is 0 Å². The number of unbranched alkanes of at least 4 members (excludes halogenated alkanes) is 1. The molecule has 4 nitrogen and oxygen atoms in total. The van der Waals surface area contributed by atoms with Crippen molar-refractivity contribution in [1.82, 2.24) is 9.55 Å². The first-order valence-electron chi connectivity index (χ1n) is 8.30. The van der Waals surface area contributed by atoms with Crippen LogP contribution in [0.2, 0.25) is 0 Å². The highest BCUT2D eigenvalue weighted by Crippen LogP contribution is 2.21. The molecule has 0 radical (unpaired) electrons. The molecule has 0 amide bonds. The van der Waals surface area contributed by atoms with Gasteiger partial charge in [-0.15, -0.1) is 0 Å².